The van der Waals surface area contributed by atoms with Gasteiger partial charge in [-0.15, -0.1) is 0 Å². The minimum absolute atomic E-state index is 0.0394. The van der Waals surface area contributed by atoms with E-state index in [2.05, 4.69) is 15.3 Å². The summed E-state index contributed by atoms with van der Waals surface area (Å²) in [5.41, 5.74) is -0.501. The SMILES string of the molecule is NSOCC1CC(F)C(Nc2ncncc2C(=O)c2cc(C(F)(F)F)n(Cc3ccccc3)c2)C1. The zero-order valence-electron chi connectivity index (χ0n) is 18.4. The summed E-state index contributed by atoms with van der Waals surface area (Å²) in [6.45, 7) is 0.222. The molecule has 186 valence electrons. The maximum absolute atomic E-state index is 14.6. The van der Waals surface area contributed by atoms with Crippen LogP contribution in [-0.2, 0) is 16.9 Å². The van der Waals surface area contributed by atoms with Crippen molar-refractivity contribution in [3.05, 3.63) is 77.5 Å². The molecule has 12 heteroatoms. The van der Waals surface area contributed by atoms with Gasteiger partial charge in [0.15, 0.2) is 5.78 Å². The number of carbonyl (C=O) groups is 1. The molecule has 7 nitrogen and oxygen atoms in total. The van der Waals surface area contributed by atoms with Gasteiger partial charge in [-0.3, -0.25) is 9.93 Å². The van der Waals surface area contributed by atoms with Gasteiger partial charge >= 0.3 is 6.18 Å². The van der Waals surface area contributed by atoms with Gasteiger partial charge in [0.25, 0.3) is 0 Å². The number of rotatable bonds is 9. The quantitative estimate of drug-likeness (QED) is 0.188. The first kappa shape index (κ1) is 25.1. The van der Waals surface area contributed by atoms with Gasteiger partial charge in [-0.05, 0) is 30.4 Å². The lowest BCUT2D eigenvalue weighted by atomic mass is 10.1. The highest BCUT2D eigenvalue weighted by atomic mass is 32.2. The van der Waals surface area contributed by atoms with Crippen molar-refractivity contribution < 1.29 is 26.5 Å². The van der Waals surface area contributed by atoms with Crippen LogP contribution in [0.15, 0.2) is 55.1 Å². The molecule has 3 N–H and O–H groups in total. The summed E-state index contributed by atoms with van der Waals surface area (Å²) in [5.74, 6) is -0.698. The molecule has 0 amide bonds. The Hall–Kier alpha value is -2.96. The van der Waals surface area contributed by atoms with Crippen molar-refractivity contribution in [2.24, 2.45) is 11.1 Å². The van der Waals surface area contributed by atoms with Crippen LogP contribution in [0.2, 0.25) is 0 Å². The Balaban J connectivity index is 1.58. The molecule has 2 heterocycles. The average Bonchev–Trinajstić information content (AvgIpc) is 3.41. The molecule has 0 bridgehead atoms. The Morgan fingerprint density at radius 2 is 2.03 bits per heavy atom. The highest BCUT2D eigenvalue weighted by Gasteiger charge is 2.37. The minimum Gasteiger partial charge on any atom is -0.364 e. The van der Waals surface area contributed by atoms with E-state index >= 15 is 0 Å². The number of hydrogen-bond donors (Lipinski definition) is 2. The number of halogens is 4. The normalized spacial score (nSPS) is 20.2. The van der Waals surface area contributed by atoms with Gasteiger partial charge in [0.2, 0.25) is 0 Å². The molecule has 35 heavy (non-hydrogen) atoms. The largest absolute Gasteiger partial charge is 0.431 e. The molecule has 1 saturated carbocycles. The molecular formula is C23H23F4N5O2S. The van der Waals surface area contributed by atoms with Crippen LogP contribution >= 0.6 is 12.2 Å². The first-order valence-electron chi connectivity index (χ1n) is 10.8. The van der Waals surface area contributed by atoms with Crippen LogP contribution in [0, 0.1) is 5.92 Å². The van der Waals surface area contributed by atoms with E-state index in [0.717, 1.165) is 10.6 Å². The van der Waals surface area contributed by atoms with E-state index in [-0.39, 0.29) is 42.4 Å². The molecule has 1 fully saturated rings. The second-order valence-corrected chi connectivity index (χ2v) is 8.75. The second-order valence-electron chi connectivity index (χ2n) is 8.32. The molecule has 3 atom stereocenters. The van der Waals surface area contributed by atoms with Gasteiger partial charge in [-0.25, -0.2) is 14.4 Å². The van der Waals surface area contributed by atoms with E-state index in [1.165, 1.54) is 18.7 Å². The van der Waals surface area contributed by atoms with Crippen molar-refractivity contribution in [3.63, 3.8) is 0 Å². The number of hydrogen-bond acceptors (Lipinski definition) is 7. The molecule has 2 aromatic heterocycles. The van der Waals surface area contributed by atoms with Crippen molar-refractivity contribution >= 4 is 23.8 Å². The van der Waals surface area contributed by atoms with Crippen molar-refractivity contribution in [1.82, 2.24) is 14.5 Å². The molecule has 1 aliphatic carbocycles. The molecule has 0 saturated heterocycles. The van der Waals surface area contributed by atoms with Crippen molar-refractivity contribution in [2.75, 3.05) is 11.9 Å². The van der Waals surface area contributed by atoms with Crippen LogP contribution < -0.4 is 10.5 Å². The van der Waals surface area contributed by atoms with Crippen molar-refractivity contribution in [1.29, 1.82) is 0 Å². The lowest BCUT2D eigenvalue weighted by Gasteiger charge is -2.17. The predicted octanol–water partition coefficient (Wildman–Crippen LogP) is 4.64. The number of aromatic nitrogens is 3. The van der Waals surface area contributed by atoms with E-state index in [1.54, 1.807) is 30.3 Å². The standard InChI is InChI=1S/C23H23F4N5O2S/c24-18-6-15(12-34-35-28)7-19(18)31-22-17(9-29-13-30-22)21(33)16-8-20(23(25,26)27)32(11-16)10-14-4-2-1-3-5-14/h1-5,8-9,11,13,15,18-19H,6-7,10,12,28H2,(H,29,30,31). The third-order valence-corrected chi connectivity index (χ3v) is 6.15. The van der Waals surface area contributed by atoms with E-state index in [1.807, 2.05) is 0 Å². The van der Waals surface area contributed by atoms with E-state index in [9.17, 15) is 22.4 Å². The molecule has 3 unspecified atom stereocenters. The van der Waals surface area contributed by atoms with Gasteiger partial charge in [0.1, 0.15) is 24.0 Å². The monoisotopic (exact) mass is 509 g/mol. The van der Waals surface area contributed by atoms with Crippen molar-refractivity contribution in [3.8, 4) is 0 Å². The zero-order chi connectivity index (χ0) is 25.0. The molecule has 4 rings (SSSR count). The minimum atomic E-state index is -4.66. The number of nitrogens with zero attached hydrogens (tertiary/aromatic N) is 3. The Labute approximate surface area is 203 Å². The summed E-state index contributed by atoms with van der Waals surface area (Å²) in [4.78, 5) is 21.2. The summed E-state index contributed by atoms with van der Waals surface area (Å²) >= 11 is 0.714. The maximum Gasteiger partial charge on any atom is 0.431 e. The average molecular weight is 510 g/mol. The third-order valence-electron chi connectivity index (χ3n) is 5.88. The lowest BCUT2D eigenvalue weighted by molar-refractivity contribution is -0.143. The van der Waals surface area contributed by atoms with E-state index in [4.69, 9.17) is 9.32 Å². The number of alkyl halides is 4. The lowest BCUT2D eigenvalue weighted by Crippen LogP contribution is -2.27. The molecule has 0 aliphatic heterocycles. The van der Waals surface area contributed by atoms with Gasteiger partial charge in [-0.1, -0.05) is 30.3 Å². The summed E-state index contributed by atoms with van der Waals surface area (Å²) < 4.78 is 61.8. The first-order chi connectivity index (χ1) is 16.8. The van der Waals surface area contributed by atoms with Gasteiger partial charge in [0, 0.05) is 24.5 Å². The molecule has 0 radical (unpaired) electrons. The molecular weight excluding hydrogens is 486 g/mol. The second kappa shape index (κ2) is 10.8. The van der Waals surface area contributed by atoms with Crippen LogP contribution in [0.5, 0.6) is 0 Å². The third kappa shape index (κ3) is 6.00. The van der Waals surface area contributed by atoms with E-state index < -0.39 is 29.9 Å². The molecule has 0 spiro atoms. The summed E-state index contributed by atoms with van der Waals surface area (Å²) in [6, 6.07) is 8.80. The number of carbonyl (C=O) groups excluding carboxylic acids is 1. The number of nitrogens with two attached hydrogens (primary N) is 1. The van der Waals surface area contributed by atoms with Crippen LogP contribution in [0.3, 0.4) is 0 Å². The fourth-order valence-electron chi connectivity index (χ4n) is 4.23. The Morgan fingerprint density at radius 3 is 2.74 bits per heavy atom. The van der Waals surface area contributed by atoms with Gasteiger partial charge < -0.3 is 14.1 Å². The van der Waals surface area contributed by atoms with Gasteiger partial charge in [-0.2, -0.15) is 13.2 Å². The van der Waals surface area contributed by atoms with Crippen LogP contribution in [-0.4, -0.2) is 39.1 Å². The Bertz CT molecular complexity index is 1160. The highest BCUT2D eigenvalue weighted by molar-refractivity contribution is 7.92. The predicted molar refractivity (Wildman–Crippen MR) is 123 cm³/mol. The first-order valence-corrected chi connectivity index (χ1v) is 11.6. The highest BCUT2D eigenvalue weighted by Crippen LogP contribution is 2.34. The fraction of sp³-hybridized carbons (Fsp3) is 0.348. The van der Waals surface area contributed by atoms with Gasteiger partial charge in [0.05, 0.1) is 30.4 Å². The van der Waals surface area contributed by atoms with E-state index in [0.29, 0.717) is 24.2 Å². The maximum atomic E-state index is 14.6. The topological polar surface area (TPSA) is 95.1 Å². The van der Waals surface area contributed by atoms with Crippen LogP contribution in [0.1, 0.15) is 40.0 Å². The van der Waals surface area contributed by atoms with Crippen molar-refractivity contribution in [2.45, 2.75) is 37.8 Å². The smallest absolute Gasteiger partial charge is 0.364 e. The Morgan fingerprint density at radius 1 is 1.26 bits per heavy atom. The van der Waals surface area contributed by atoms with Crippen LogP contribution in [0.25, 0.3) is 0 Å². The molecule has 1 aromatic carbocycles. The number of benzene rings is 1. The number of anilines is 1. The zero-order valence-corrected chi connectivity index (χ0v) is 19.2. The number of nitrogens with one attached hydrogen (secondary N) is 1. The Kier molecular flexibility index (Phi) is 7.72. The summed E-state index contributed by atoms with van der Waals surface area (Å²) in [6.07, 6.45) is -1.63. The summed E-state index contributed by atoms with van der Waals surface area (Å²) in [5, 5.41) is 8.19. The van der Waals surface area contributed by atoms with Crippen LogP contribution in [0.4, 0.5) is 23.4 Å². The molecule has 1 aliphatic rings. The summed E-state index contributed by atoms with van der Waals surface area (Å²) in [7, 11) is 0. The fourth-order valence-corrected chi connectivity index (χ4v) is 4.50. The number of ketones is 1. The molecule has 3 aromatic rings.